The monoisotopic (exact) mass is 349 g/mol. The molecule has 5 nitrogen and oxygen atoms in total. The van der Waals surface area contributed by atoms with Crippen LogP contribution in [0, 0.1) is 13.8 Å². The maximum Gasteiger partial charge on any atom is 0.134 e. The number of nitrogens with zero attached hydrogens (tertiary/aromatic N) is 2. The number of pyridine rings is 2. The number of aromatic nitrogens is 2. The van der Waals surface area contributed by atoms with Crippen LogP contribution >= 0.6 is 0 Å². The van der Waals surface area contributed by atoms with Gasteiger partial charge in [0.05, 0.1) is 6.61 Å². The zero-order chi connectivity index (χ0) is 18.2. The lowest BCUT2D eigenvalue weighted by molar-refractivity contribution is 0.263. The van der Waals surface area contributed by atoms with Gasteiger partial charge in [0.25, 0.3) is 0 Å². The van der Waals surface area contributed by atoms with Crippen molar-refractivity contribution in [1.29, 1.82) is 0 Å². The highest BCUT2D eigenvalue weighted by molar-refractivity contribution is 5.58. The molecule has 0 spiro atoms. The van der Waals surface area contributed by atoms with E-state index in [1.807, 2.05) is 68.4 Å². The number of hydrogen-bond acceptors (Lipinski definition) is 5. The van der Waals surface area contributed by atoms with Crippen molar-refractivity contribution in [1.82, 2.24) is 9.97 Å². The third kappa shape index (κ3) is 5.57. The second-order valence-corrected chi connectivity index (χ2v) is 6.04. The van der Waals surface area contributed by atoms with Crippen LogP contribution in [0.5, 0.6) is 5.75 Å². The summed E-state index contributed by atoms with van der Waals surface area (Å²) in [6, 6.07) is 17.7. The van der Waals surface area contributed by atoms with Gasteiger partial charge in [-0.05, 0) is 49.2 Å². The van der Waals surface area contributed by atoms with Crippen LogP contribution in [0.1, 0.15) is 11.1 Å². The van der Waals surface area contributed by atoms with Crippen LogP contribution < -0.4 is 10.1 Å². The van der Waals surface area contributed by atoms with E-state index in [4.69, 9.17) is 9.47 Å². The molecular weight excluding hydrogens is 326 g/mol. The number of hydrogen-bond donors (Lipinski definition) is 1. The van der Waals surface area contributed by atoms with Crippen LogP contribution in [0.4, 0.5) is 11.6 Å². The summed E-state index contributed by atoms with van der Waals surface area (Å²) in [5.41, 5.74) is 2.23. The first-order valence-corrected chi connectivity index (χ1v) is 8.62. The molecule has 1 fully saturated rings. The first kappa shape index (κ1) is 17.9. The fourth-order valence-electron chi connectivity index (χ4n) is 2.22. The van der Waals surface area contributed by atoms with Crippen molar-refractivity contribution in [2.24, 2.45) is 0 Å². The Morgan fingerprint density at radius 3 is 2.00 bits per heavy atom. The number of ether oxygens (including phenoxy) is 2. The van der Waals surface area contributed by atoms with Crippen molar-refractivity contribution in [3.8, 4) is 5.75 Å². The second kappa shape index (κ2) is 8.97. The van der Waals surface area contributed by atoms with Crippen molar-refractivity contribution in [2.45, 2.75) is 20.0 Å². The van der Waals surface area contributed by atoms with Crippen molar-refractivity contribution in [3.63, 3.8) is 0 Å². The lowest BCUT2D eigenvalue weighted by atomic mass is 10.2. The Bertz CT molecular complexity index is 777. The Hall–Kier alpha value is -2.92. The van der Waals surface area contributed by atoms with E-state index < -0.39 is 0 Å². The molecule has 134 valence electrons. The van der Waals surface area contributed by atoms with E-state index in [-0.39, 0.29) is 0 Å². The topological polar surface area (TPSA) is 59.6 Å². The smallest absolute Gasteiger partial charge is 0.134 e. The maximum atomic E-state index is 5.40. The molecule has 0 saturated carbocycles. The molecule has 2 aromatic heterocycles. The average molecular weight is 349 g/mol. The summed E-state index contributed by atoms with van der Waals surface area (Å²) in [7, 11) is 0. The third-order valence-corrected chi connectivity index (χ3v) is 3.84. The minimum Gasteiger partial charge on any atom is -0.491 e. The summed E-state index contributed by atoms with van der Waals surface area (Å²) in [5, 5.41) is 3.22. The number of para-hydroxylation sites is 1. The zero-order valence-electron chi connectivity index (χ0n) is 15.1. The summed E-state index contributed by atoms with van der Waals surface area (Å²) in [6.45, 7) is 5.58. The Balaban J connectivity index is 0.000000158. The molecule has 1 aromatic carbocycles. The predicted molar refractivity (Wildman–Crippen MR) is 103 cm³/mol. The van der Waals surface area contributed by atoms with Crippen molar-refractivity contribution in [3.05, 3.63) is 78.1 Å². The standard InChI is InChI=1S/C12H13N3.C9H10O2/c1-9-5-3-7-13-11(9)15-12-10(2)6-4-8-14-12;1-2-4-8(5-3-1)10-6-9-7-11-9/h3-8H,1-2H3,(H,13,14,15);1-5,9H,6-7H2. The van der Waals surface area contributed by atoms with Crippen LogP contribution in [0.2, 0.25) is 0 Å². The first-order valence-electron chi connectivity index (χ1n) is 8.62. The molecular formula is C21H23N3O2. The summed E-state index contributed by atoms with van der Waals surface area (Å²) in [4.78, 5) is 8.53. The molecule has 5 heteroatoms. The molecule has 0 aliphatic carbocycles. The molecule has 3 heterocycles. The average Bonchev–Trinajstić information content (AvgIpc) is 3.50. The van der Waals surface area contributed by atoms with Crippen LogP contribution in [0.3, 0.4) is 0 Å². The summed E-state index contributed by atoms with van der Waals surface area (Å²) in [6.07, 6.45) is 3.89. The van der Waals surface area contributed by atoms with Gasteiger partial charge >= 0.3 is 0 Å². The van der Waals surface area contributed by atoms with E-state index in [2.05, 4.69) is 15.3 Å². The second-order valence-electron chi connectivity index (χ2n) is 6.04. The largest absolute Gasteiger partial charge is 0.491 e. The molecule has 0 bridgehead atoms. The number of anilines is 2. The van der Waals surface area contributed by atoms with Crippen molar-refractivity contribution in [2.75, 3.05) is 18.5 Å². The highest BCUT2D eigenvalue weighted by Crippen LogP contribution is 2.18. The van der Waals surface area contributed by atoms with E-state index in [9.17, 15) is 0 Å². The van der Waals surface area contributed by atoms with Gasteiger partial charge in [-0.15, -0.1) is 0 Å². The molecule has 3 aromatic rings. The Morgan fingerprint density at radius 2 is 1.50 bits per heavy atom. The maximum absolute atomic E-state index is 5.40. The van der Waals surface area contributed by atoms with Gasteiger partial charge in [0, 0.05) is 12.4 Å². The Labute approximate surface area is 154 Å². The fraction of sp³-hybridized carbons (Fsp3) is 0.238. The van der Waals surface area contributed by atoms with Gasteiger partial charge < -0.3 is 14.8 Å². The van der Waals surface area contributed by atoms with Crippen molar-refractivity contribution < 1.29 is 9.47 Å². The molecule has 1 aliphatic heterocycles. The number of rotatable bonds is 5. The number of benzene rings is 1. The number of aryl methyl sites for hydroxylation is 2. The highest BCUT2D eigenvalue weighted by atomic mass is 16.6. The lowest BCUT2D eigenvalue weighted by Gasteiger charge is -2.08. The molecule has 1 unspecified atom stereocenters. The molecule has 1 saturated heterocycles. The van der Waals surface area contributed by atoms with Gasteiger partial charge in [0.2, 0.25) is 0 Å². The van der Waals surface area contributed by atoms with Crippen LogP contribution in [0.25, 0.3) is 0 Å². The van der Waals surface area contributed by atoms with Crippen LogP contribution in [0.15, 0.2) is 67.0 Å². The fourth-order valence-corrected chi connectivity index (χ4v) is 2.22. The SMILES string of the molecule is Cc1cccnc1Nc1ncccc1C.c1ccc(OCC2CO2)cc1. The van der Waals surface area contributed by atoms with E-state index in [1.165, 1.54) is 0 Å². The minimum absolute atomic E-state index is 0.343. The van der Waals surface area contributed by atoms with Gasteiger partial charge in [-0.3, -0.25) is 0 Å². The molecule has 0 amide bonds. The van der Waals surface area contributed by atoms with Gasteiger partial charge in [0.15, 0.2) is 0 Å². The van der Waals surface area contributed by atoms with Gasteiger partial charge in [-0.2, -0.15) is 0 Å². The zero-order valence-corrected chi connectivity index (χ0v) is 15.1. The molecule has 26 heavy (non-hydrogen) atoms. The molecule has 1 N–H and O–H groups in total. The molecule has 1 aliphatic rings. The van der Waals surface area contributed by atoms with Crippen LogP contribution in [-0.2, 0) is 4.74 Å². The van der Waals surface area contributed by atoms with E-state index in [0.717, 1.165) is 35.1 Å². The van der Waals surface area contributed by atoms with Gasteiger partial charge in [-0.25, -0.2) is 9.97 Å². The summed E-state index contributed by atoms with van der Waals surface area (Å²) in [5.74, 6) is 2.64. The summed E-state index contributed by atoms with van der Waals surface area (Å²) >= 11 is 0. The first-order chi connectivity index (χ1) is 12.7. The Kier molecular flexibility index (Phi) is 6.17. The number of nitrogens with one attached hydrogen (secondary N) is 1. The van der Waals surface area contributed by atoms with Gasteiger partial charge in [0.1, 0.15) is 30.1 Å². The third-order valence-electron chi connectivity index (χ3n) is 3.84. The normalized spacial score (nSPS) is 14.8. The quantitative estimate of drug-likeness (QED) is 0.696. The van der Waals surface area contributed by atoms with Crippen LogP contribution in [-0.4, -0.2) is 29.3 Å². The van der Waals surface area contributed by atoms with E-state index in [0.29, 0.717) is 12.7 Å². The predicted octanol–water partition coefficient (Wildman–Crippen LogP) is 4.30. The highest BCUT2D eigenvalue weighted by Gasteiger charge is 2.22. The number of epoxide rings is 1. The lowest BCUT2D eigenvalue weighted by Crippen LogP contribution is -2.03. The van der Waals surface area contributed by atoms with Crippen molar-refractivity contribution >= 4 is 11.6 Å². The minimum atomic E-state index is 0.343. The summed E-state index contributed by atoms with van der Waals surface area (Å²) < 4.78 is 10.4. The van der Waals surface area contributed by atoms with E-state index >= 15 is 0 Å². The van der Waals surface area contributed by atoms with E-state index in [1.54, 1.807) is 12.4 Å². The Morgan fingerprint density at radius 1 is 0.923 bits per heavy atom. The molecule has 1 atom stereocenters. The molecule has 0 radical (unpaired) electrons. The molecule has 4 rings (SSSR count). The van der Waals surface area contributed by atoms with Gasteiger partial charge in [-0.1, -0.05) is 30.3 Å².